The van der Waals surface area contributed by atoms with Crippen molar-refractivity contribution in [2.24, 2.45) is 10.4 Å². The molecule has 0 atom stereocenters. The minimum absolute atomic E-state index is 0.552. The van der Waals surface area contributed by atoms with Gasteiger partial charge in [-0.2, -0.15) is 5.26 Å². The van der Waals surface area contributed by atoms with E-state index in [0.717, 1.165) is 23.2 Å². The predicted molar refractivity (Wildman–Crippen MR) is 91.7 cm³/mol. The van der Waals surface area contributed by atoms with Crippen LogP contribution in [0.4, 0.5) is 11.4 Å². The zero-order valence-corrected chi connectivity index (χ0v) is 14.6. The van der Waals surface area contributed by atoms with Gasteiger partial charge in [-0.05, 0) is 43.2 Å². The van der Waals surface area contributed by atoms with E-state index in [9.17, 15) is 5.26 Å². The molecule has 1 saturated carbocycles. The Labute approximate surface area is 139 Å². The molecule has 1 aromatic carbocycles. The molecular formula is C17H20BrN3O. The van der Waals surface area contributed by atoms with E-state index < -0.39 is 0 Å². The zero-order valence-electron chi connectivity index (χ0n) is 13.0. The Morgan fingerprint density at radius 1 is 1.32 bits per heavy atom. The molecule has 0 N–H and O–H groups in total. The van der Waals surface area contributed by atoms with Crippen molar-refractivity contribution < 1.29 is 4.74 Å². The molecule has 2 aliphatic rings. The SMILES string of the molecule is COC(C)=Nc1cc(Br)cc(N2CCC3(CC2)CC3)c1C#N. The van der Waals surface area contributed by atoms with Gasteiger partial charge in [0, 0.05) is 24.5 Å². The average molecular weight is 362 g/mol. The topological polar surface area (TPSA) is 48.6 Å². The maximum Gasteiger partial charge on any atom is 0.184 e. The van der Waals surface area contributed by atoms with Crippen LogP contribution in [0.1, 0.15) is 38.2 Å². The quantitative estimate of drug-likeness (QED) is 0.579. The molecule has 116 valence electrons. The number of benzene rings is 1. The second-order valence-corrected chi connectivity index (χ2v) is 7.17. The summed E-state index contributed by atoms with van der Waals surface area (Å²) in [4.78, 5) is 6.75. The number of aliphatic imine (C=N–C) groups is 1. The minimum Gasteiger partial charge on any atom is -0.484 e. The van der Waals surface area contributed by atoms with Gasteiger partial charge >= 0.3 is 0 Å². The van der Waals surface area contributed by atoms with Crippen LogP contribution in [-0.2, 0) is 4.74 Å². The summed E-state index contributed by atoms with van der Waals surface area (Å²) < 4.78 is 6.07. The molecule has 1 spiro atoms. The lowest BCUT2D eigenvalue weighted by atomic mass is 9.93. The van der Waals surface area contributed by atoms with E-state index in [1.807, 2.05) is 12.1 Å². The van der Waals surface area contributed by atoms with Crippen molar-refractivity contribution in [2.75, 3.05) is 25.1 Å². The molecule has 0 unspecified atom stereocenters. The first-order valence-electron chi connectivity index (χ1n) is 7.65. The van der Waals surface area contributed by atoms with E-state index in [2.05, 4.69) is 31.9 Å². The lowest BCUT2D eigenvalue weighted by molar-refractivity contribution is 0.384. The summed E-state index contributed by atoms with van der Waals surface area (Å²) in [5, 5.41) is 9.62. The van der Waals surface area contributed by atoms with Gasteiger partial charge in [-0.3, -0.25) is 0 Å². The van der Waals surface area contributed by atoms with Crippen LogP contribution in [0.3, 0.4) is 0 Å². The summed E-state index contributed by atoms with van der Waals surface area (Å²) in [6.45, 7) is 3.84. The number of methoxy groups -OCH3 is 1. The molecule has 5 heteroatoms. The second-order valence-electron chi connectivity index (χ2n) is 6.25. The number of piperidine rings is 1. The molecule has 1 heterocycles. The molecule has 1 aliphatic carbocycles. The highest BCUT2D eigenvalue weighted by atomic mass is 79.9. The number of halogens is 1. The third-order valence-corrected chi connectivity index (χ3v) is 5.33. The summed E-state index contributed by atoms with van der Waals surface area (Å²) in [7, 11) is 1.59. The van der Waals surface area contributed by atoms with Crippen LogP contribution >= 0.6 is 15.9 Å². The van der Waals surface area contributed by atoms with Gasteiger partial charge in [-0.15, -0.1) is 0 Å². The fraction of sp³-hybridized carbons (Fsp3) is 0.529. The highest BCUT2D eigenvalue weighted by Crippen LogP contribution is 2.54. The van der Waals surface area contributed by atoms with Crippen molar-refractivity contribution in [1.29, 1.82) is 5.26 Å². The van der Waals surface area contributed by atoms with E-state index in [1.54, 1.807) is 14.0 Å². The van der Waals surface area contributed by atoms with E-state index in [4.69, 9.17) is 4.74 Å². The van der Waals surface area contributed by atoms with E-state index in [0.29, 0.717) is 22.6 Å². The zero-order chi connectivity index (χ0) is 15.7. The van der Waals surface area contributed by atoms with Gasteiger partial charge in [0.1, 0.15) is 11.6 Å². The molecule has 0 amide bonds. The third-order valence-electron chi connectivity index (χ3n) is 4.87. The molecule has 2 fully saturated rings. The maximum absolute atomic E-state index is 9.62. The molecule has 0 bridgehead atoms. The Morgan fingerprint density at radius 2 is 2.00 bits per heavy atom. The number of nitrogens with zero attached hydrogens (tertiary/aromatic N) is 3. The predicted octanol–water partition coefficient (Wildman–Crippen LogP) is 4.40. The molecule has 4 nitrogen and oxygen atoms in total. The van der Waals surface area contributed by atoms with Gasteiger partial charge in [0.2, 0.25) is 0 Å². The van der Waals surface area contributed by atoms with E-state index in [1.165, 1.54) is 25.7 Å². The number of nitriles is 1. The standard InChI is InChI=1S/C17H20BrN3O/c1-12(22-2)20-15-9-13(18)10-16(14(15)11-19)21-7-5-17(3-4-17)6-8-21/h9-10H,3-8H2,1-2H3. The average Bonchev–Trinajstić information content (AvgIpc) is 3.26. The first-order chi connectivity index (χ1) is 10.6. The molecule has 0 radical (unpaired) electrons. The van der Waals surface area contributed by atoms with Gasteiger partial charge in [0.05, 0.1) is 18.5 Å². The van der Waals surface area contributed by atoms with Crippen LogP contribution in [0.2, 0.25) is 0 Å². The normalized spacial score (nSPS) is 19.9. The van der Waals surface area contributed by atoms with Gasteiger partial charge in [0.25, 0.3) is 0 Å². The lowest BCUT2D eigenvalue weighted by Gasteiger charge is -2.34. The van der Waals surface area contributed by atoms with Gasteiger partial charge < -0.3 is 9.64 Å². The summed E-state index contributed by atoms with van der Waals surface area (Å²) >= 11 is 3.54. The van der Waals surface area contributed by atoms with Crippen LogP contribution in [0.5, 0.6) is 0 Å². The largest absolute Gasteiger partial charge is 0.484 e. The smallest absolute Gasteiger partial charge is 0.184 e. The first-order valence-corrected chi connectivity index (χ1v) is 8.44. The maximum atomic E-state index is 9.62. The summed E-state index contributed by atoms with van der Waals surface area (Å²) in [6, 6.07) is 6.23. The minimum atomic E-state index is 0.552. The summed E-state index contributed by atoms with van der Waals surface area (Å²) in [6.07, 6.45) is 5.24. The Hall–Kier alpha value is -1.54. The van der Waals surface area contributed by atoms with Gasteiger partial charge in [-0.25, -0.2) is 4.99 Å². The number of hydrogen-bond donors (Lipinski definition) is 0. The first kappa shape index (κ1) is 15.4. The second kappa shape index (κ2) is 5.92. The van der Waals surface area contributed by atoms with Crippen molar-refractivity contribution in [2.45, 2.75) is 32.6 Å². The Balaban J connectivity index is 1.95. The van der Waals surface area contributed by atoms with Gasteiger partial charge in [0.15, 0.2) is 5.90 Å². The van der Waals surface area contributed by atoms with Crippen LogP contribution in [0.25, 0.3) is 0 Å². The van der Waals surface area contributed by atoms with Crippen molar-refractivity contribution in [3.8, 4) is 6.07 Å². The van der Waals surface area contributed by atoms with E-state index >= 15 is 0 Å². The summed E-state index contributed by atoms with van der Waals surface area (Å²) in [5.41, 5.74) is 2.91. The van der Waals surface area contributed by atoms with Crippen molar-refractivity contribution in [3.05, 3.63) is 22.2 Å². The number of rotatable bonds is 2. The Morgan fingerprint density at radius 3 is 2.55 bits per heavy atom. The number of ether oxygens (including phenoxy) is 1. The number of anilines is 1. The molecule has 22 heavy (non-hydrogen) atoms. The van der Waals surface area contributed by atoms with Crippen molar-refractivity contribution in [1.82, 2.24) is 0 Å². The van der Waals surface area contributed by atoms with Crippen LogP contribution in [-0.4, -0.2) is 26.1 Å². The van der Waals surface area contributed by atoms with Crippen molar-refractivity contribution >= 4 is 33.2 Å². The highest BCUT2D eigenvalue weighted by Gasteiger charge is 2.44. The molecule has 0 aromatic heterocycles. The van der Waals surface area contributed by atoms with Crippen molar-refractivity contribution in [3.63, 3.8) is 0 Å². The van der Waals surface area contributed by atoms with Crippen LogP contribution in [0, 0.1) is 16.7 Å². The number of hydrogen-bond acceptors (Lipinski definition) is 4. The highest BCUT2D eigenvalue weighted by molar-refractivity contribution is 9.10. The van der Waals surface area contributed by atoms with Crippen LogP contribution in [0.15, 0.2) is 21.6 Å². The van der Waals surface area contributed by atoms with E-state index in [-0.39, 0.29) is 0 Å². The third kappa shape index (κ3) is 2.98. The monoisotopic (exact) mass is 361 g/mol. The Kier molecular flexibility index (Phi) is 4.14. The Bertz CT molecular complexity index is 649. The molecule has 3 rings (SSSR count). The fourth-order valence-corrected chi connectivity index (χ4v) is 3.58. The molecule has 1 saturated heterocycles. The lowest BCUT2D eigenvalue weighted by Crippen LogP contribution is -2.34. The molecule has 1 aliphatic heterocycles. The summed E-state index contributed by atoms with van der Waals surface area (Å²) in [5.74, 6) is 0.552. The molecule has 1 aromatic rings. The molecular weight excluding hydrogens is 342 g/mol. The fourth-order valence-electron chi connectivity index (χ4n) is 3.14. The van der Waals surface area contributed by atoms with Gasteiger partial charge in [-0.1, -0.05) is 15.9 Å². The van der Waals surface area contributed by atoms with Crippen LogP contribution < -0.4 is 4.90 Å².